The Bertz CT molecular complexity index is 535. The Morgan fingerprint density at radius 2 is 2.06 bits per heavy atom. The predicted octanol–water partition coefficient (Wildman–Crippen LogP) is 3.08. The molecule has 1 aliphatic rings. The number of aryl methyl sites for hydroxylation is 1. The van der Waals surface area contributed by atoms with Crippen LogP contribution in [0.25, 0.3) is 10.9 Å². The quantitative estimate of drug-likeness (QED) is 0.856. The molecular weight excluding hydrogens is 208 g/mol. The van der Waals surface area contributed by atoms with Crippen molar-refractivity contribution in [3.8, 4) is 0 Å². The zero-order chi connectivity index (χ0) is 11.9. The van der Waals surface area contributed by atoms with Gasteiger partial charge >= 0.3 is 0 Å². The average molecular weight is 228 g/mol. The van der Waals surface area contributed by atoms with E-state index in [-0.39, 0.29) is 0 Å². The van der Waals surface area contributed by atoms with E-state index in [2.05, 4.69) is 42.0 Å². The summed E-state index contributed by atoms with van der Waals surface area (Å²) in [5.74, 6) is 0. The Balaban J connectivity index is 1.96. The van der Waals surface area contributed by atoms with Gasteiger partial charge in [0, 0.05) is 23.6 Å². The minimum absolute atomic E-state index is 0.503. The van der Waals surface area contributed by atoms with E-state index in [1.54, 1.807) is 0 Å². The van der Waals surface area contributed by atoms with E-state index in [1.165, 1.54) is 35.7 Å². The maximum absolute atomic E-state index is 5.72. The van der Waals surface area contributed by atoms with Crippen LogP contribution in [0.2, 0.25) is 0 Å². The number of nitrogens with two attached hydrogens (primary N) is 1. The first kappa shape index (κ1) is 10.8. The van der Waals surface area contributed by atoms with E-state index in [1.807, 2.05) is 0 Å². The summed E-state index contributed by atoms with van der Waals surface area (Å²) in [6.07, 6.45) is 6.14. The SMILES string of the molecule is Cc1cn(CC2(CCN)CC2)c2ccccc12. The number of hydrogen-bond acceptors (Lipinski definition) is 1. The van der Waals surface area contributed by atoms with Gasteiger partial charge in [0.05, 0.1) is 0 Å². The van der Waals surface area contributed by atoms with Crippen molar-refractivity contribution in [2.24, 2.45) is 11.1 Å². The van der Waals surface area contributed by atoms with E-state index in [4.69, 9.17) is 5.73 Å². The van der Waals surface area contributed by atoms with Gasteiger partial charge in [0.15, 0.2) is 0 Å². The fraction of sp³-hybridized carbons (Fsp3) is 0.467. The highest BCUT2D eigenvalue weighted by molar-refractivity contribution is 5.83. The molecule has 0 radical (unpaired) electrons. The standard InChI is InChI=1S/C15H20N2/c1-12-10-17(11-15(6-7-15)8-9-16)14-5-3-2-4-13(12)14/h2-5,10H,6-9,11,16H2,1H3. The normalized spacial score (nSPS) is 17.5. The maximum atomic E-state index is 5.72. The molecule has 1 aromatic carbocycles. The van der Waals surface area contributed by atoms with Crippen molar-refractivity contribution in [1.82, 2.24) is 4.57 Å². The summed E-state index contributed by atoms with van der Waals surface area (Å²) in [6, 6.07) is 8.68. The van der Waals surface area contributed by atoms with Crippen LogP contribution in [0.4, 0.5) is 0 Å². The number of nitrogens with zero attached hydrogens (tertiary/aromatic N) is 1. The second-order valence-corrected chi connectivity index (χ2v) is 5.50. The fourth-order valence-corrected chi connectivity index (χ4v) is 2.89. The molecule has 0 saturated heterocycles. The van der Waals surface area contributed by atoms with Crippen LogP contribution in [0.1, 0.15) is 24.8 Å². The minimum atomic E-state index is 0.503. The lowest BCUT2D eigenvalue weighted by Crippen LogP contribution is -2.15. The van der Waals surface area contributed by atoms with E-state index in [0.717, 1.165) is 13.1 Å². The molecule has 0 unspecified atom stereocenters. The van der Waals surface area contributed by atoms with Crippen LogP contribution in [-0.2, 0) is 6.54 Å². The molecule has 3 rings (SSSR count). The van der Waals surface area contributed by atoms with Crippen molar-refractivity contribution in [3.63, 3.8) is 0 Å². The maximum Gasteiger partial charge on any atom is 0.0483 e. The summed E-state index contributed by atoms with van der Waals surface area (Å²) in [6.45, 7) is 4.15. The van der Waals surface area contributed by atoms with Gasteiger partial charge in [-0.15, -0.1) is 0 Å². The van der Waals surface area contributed by atoms with Crippen LogP contribution in [0.3, 0.4) is 0 Å². The molecule has 0 atom stereocenters. The number of hydrogen-bond donors (Lipinski definition) is 1. The van der Waals surface area contributed by atoms with Crippen molar-refractivity contribution >= 4 is 10.9 Å². The molecule has 2 heteroatoms. The van der Waals surface area contributed by atoms with Gasteiger partial charge in [-0.3, -0.25) is 0 Å². The molecular formula is C15H20N2. The van der Waals surface area contributed by atoms with E-state index in [0.29, 0.717) is 5.41 Å². The van der Waals surface area contributed by atoms with Gasteiger partial charge < -0.3 is 10.3 Å². The molecule has 2 nitrogen and oxygen atoms in total. The second kappa shape index (κ2) is 3.88. The van der Waals surface area contributed by atoms with Crippen molar-refractivity contribution in [2.75, 3.05) is 6.54 Å². The molecule has 2 aromatic rings. The average Bonchev–Trinajstić information content (AvgIpc) is 3.01. The molecule has 1 aromatic heterocycles. The summed E-state index contributed by atoms with van der Waals surface area (Å²) >= 11 is 0. The van der Waals surface area contributed by atoms with Gasteiger partial charge in [0.2, 0.25) is 0 Å². The van der Waals surface area contributed by atoms with Crippen LogP contribution >= 0.6 is 0 Å². The molecule has 17 heavy (non-hydrogen) atoms. The third-order valence-corrected chi connectivity index (χ3v) is 4.13. The van der Waals surface area contributed by atoms with Gasteiger partial charge in [0.25, 0.3) is 0 Å². The number of para-hydroxylation sites is 1. The molecule has 0 amide bonds. The molecule has 0 spiro atoms. The Morgan fingerprint density at radius 3 is 2.76 bits per heavy atom. The van der Waals surface area contributed by atoms with E-state index in [9.17, 15) is 0 Å². The van der Waals surface area contributed by atoms with Crippen LogP contribution in [0.15, 0.2) is 30.5 Å². The lowest BCUT2D eigenvalue weighted by molar-refractivity contribution is 0.404. The van der Waals surface area contributed by atoms with Crippen LogP contribution in [0.5, 0.6) is 0 Å². The van der Waals surface area contributed by atoms with Gasteiger partial charge in [0.1, 0.15) is 0 Å². The zero-order valence-corrected chi connectivity index (χ0v) is 10.4. The highest BCUT2D eigenvalue weighted by atomic mass is 15.0. The van der Waals surface area contributed by atoms with E-state index < -0.39 is 0 Å². The van der Waals surface area contributed by atoms with Crippen molar-refractivity contribution < 1.29 is 0 Å². The van der Waals surface area contributed by atoms with Crippen LogP contribution in [-0.4, -0.2) is 11.1 Å². The van der Waals surface area contributed by atoms with Crippen molar-refractivity contribution in [2.45, 2.75) is 32.7 Å². The molecule has 0 bridgehead atoms. The number of benzene rings is 1. The highest BCUT2D eigenvalue weighted by Gasteiger charge is 2.41. The molecule has 1 saturated carbocycles. The molecule has 2 N–H and O–H groups in total. The van der Waals surface area contributed by atoms with Gasteiger partial charge in [-0.25, -0.2) is 0 Å². The third-order valence-electron chi connectivity index (χ3n) is 4.13. The smallest absolute Gasteiger partial charge is 0.0483 e. The summed E-state index contributed by atoms with van der Waals surface area (Å²) in [7, 11) is 0. The van der Waals surface area contributed by atoms with Crippen LogP contribution < -0.4 is 5.73 Å². The lowest BCUT2D eigenvalue weighted by atomic mass is 10.0. The first-order valence-corrected chi connectivity index (χ1v) is 6.49. The highest BCUT2D eigenvalue weighted by Crippen LogP contribution is 2.50. The van der Waals surface area contributed by atoms with Crippen molar-refractivity contribution in [3.05, 3.63) is 36.0 Å². The fourth-order valence-electron chi connectivity index (χ4n) is 2.89. The minimum Gasteiger partial charge on any atom is -0.347 e. The molecule has 1 heterocycles. The number of rotatable bonds is 4. The Kier molecular flexibility index (Phi) is 2.48. The Morgan fingerprint density at radius 1 is 1.29 bits per heavy atom. The monoisotopic (exact) mass is 228 g/mol. The van der Waals surface area contributed by atoms with Gasteiger partial charge in [-0.2, -0.15) is 0 Å². The Labute approximate surface area is 102 Å². The topological polar surface area (TPSA) is 30.9 Å². The summed E-state index contributed by atoms with van der Waals surface area (Å²) in [5, 5.41) is 1.39. The van der Waals surface area contributed by atoms with E-state index >= 15 is 0 Å². The molecule has 0 aliphatic heterocycles. The third kappa shape index (κ3) is 1.87. The van der Waals surface area contributed by atoms with Gasteiger partial charge in [-0.1, -0.05) is 18.2 Å². The molecule has 1 fully saturated rings. The van der Waals surface area contributed by atoms with Crippen molar-refractivity contribution in [1.29, 1.82) is 0 Å². The number of aromatic nitrogens is 1. The zero-order valence-electron chi connectivity index (χ0n) is 10.4. The summed E-state index contributed by atoms with van der Waals surface area (Å²) in [5.41, 5.74) is 8.97. The lowest BCUT2D eigenvalue weighted by Gasteiger charge is -2.15. The predicted molar refractivity (Wildman–Crippen MR) is 72.0 cm³/mol. The van der Waals surface area contributed by atoms with Gasteiger partial charge in [-0.05, 0) is 49.8 Å². The molecule has 1 aliphatic carbocycles. The summed E-state index contributed by atoms with van der Waals surface area (Å²) in [4.78, 5) is 0. The first-order chi connectivity index (χ1) is 8.24. The second-order valence-electron chi connectivity index (χ2n) is 5.50. The summed E-state index contributed by atoms with van der Waals surface area (Å²) < 4.78 is 2.42. The number of fused-ring (bicyclic) bond motifs is 1. The molecule has 90 valence electrons. The largest absolute Gasteiger partial charge is 0.347 e. The first-order valence-electron chi connectivity index (χ1n) is 6.49. The Hall–Kier alpha value is -1.28. The van der Waals surface area contributed by atoms with Crippen LogP contribution in [0, 0.1) is 12.3 Å².